The molecule has 0 bridgehead atoms. The minimum absolute atomic E-state index is 0.0352. The van der Waals surface area contributed by atoms with Crippen molar-refractivity contribution in [3.63, 3.8) is 0 Å². The molecule has 0 amide bonds. The molecule has 0 fully saturated rings. The van der Waals surface area contributed by atoms with Gasteiger partial charge in [-0.2, -0.15) is 0 Å². The molecule has 2 rings (SSSR count). The summed E-state index contributed by atoms with van der Waals surface area (Å²) in [4.78, 5) is 15.3. The summed E-state index contributed by atoms with van der Waals surface area (Å²) in [7, 11) is 1.19. The molecule has 0 aliphatic rings. The van der Waals surface area contributed by atoms with Gasteiger partial charge in [0.15, 0.2) is 0 Å². The highest BCUT2D eigenvalue weighted by molar-refractivity contribution is 6.31. The second kappa shape index (κ2) is 6.74. The molecule has 0 N–H and O–H groups in total. The molecule has 23 heavy (non-hydrogen) atoms. The molecule has 0 saturated carbocycles. The number of hydrogen-bond donors (Lipinski definition) is 0. The zero-order chi connectivity index (χ0) is 17.0. The summed E-state index contributed by atoms with van der Waals surface area (Å²) in [5.74, 6) is -1.11. The molecule has 1 heterocycles. The zero-order valence-corrected chi connectivity index (χ0v) is 12.3. The van der Waals surface area contributed by atoms with Crippen molar-refractivity contribution >= 4 is 17.6 Å². The molecule has 9 heteroatoms. The number of esters is 1. The third kappa shape index (κ3) is 4.75. The summed E-state index contributed by atoms with van der Waals surface area (Å²) in [6.45, 7) is 0. The van der Waals surface area contributed by atoms with Crippen LogP contribution in [0.4, 0.5) is 13.2 Å². The highest BCUT2D eigenvalue weighted by Gasteiger charge is 2.31. The van der Waals surface area contributed by atoms with Crippen LogP contribution in [0.5, 0.6) is 17.4 Å². The van der Waals surface area contributed by atoms with Gasteiger partial charge in [0.25, 0.3) is 0 Å². The molecule has 0 saturated heterocycles. The molecule has 5 nitrogen and oxygen atoms in total. The van der Waals surface area contributed by atoms with E-state index in [2.05, 4.69) is 14.5 Å². The van der Waals surface area contributed by atoms with Crippen molar-refractivity contribution in [2.24, 2.45) is 0 Å². The number of ether oxygens (including phenoxy) is 3. The van der Waals surface area contributed by atoms with E-state index in [0.29, 0.717) is 5.02 Å². The van der Waals surface area contributed by atoms with E-state index in [-0.39, 0.29) is 17.2 Å². The second-order valence-corrected chi connectivity index (χ2v) is 4.55. The Morgan fingerprint density at radius 2 is 1.96 bits per heavy atom. The molecule has 0 radical (unpaired) electrons. The van der Waals surface area contributed by atoms with Crippen LogP contribution in [0.1, 0.15) is 10.4 Å². The van der Waals surface area contributed by atoms with E-state index >= 15 is 0 Å². The molecule has 0 spiro atoms. The molecular weight excluding hydrogens is 339 g/mol. The van der Waals surface area contributed by atoms with Gasteiger partial charge in [0, 0.05) is 11.1 Å². The first-order chi connectivity index (χ1) is 10.8. The van der Waals surface area contributed by atoms with Crippen molar-refractivity contribution in [3.05, 3.63) is 47.1 Å². The average molecular weight is 348 g/mol. The monoisotopic (exact) mass is 347 g/mol. The number of carbonyl (C=O) groups is 1. The number of alkyl halides is 3. The van der Waals surface area contributed by atoms with Crippen LogP contribution in [0.15, 0.2) is 36.5 Å². The van der Waals surface area contributed by atoms with Crippen LogP contribution in [0.25, 0.3) is 0 Å². The molecule has 0 atom stereocenters. The summed E-state index contributed by atoms with van der Waals surface area (Å²) in [5, 5.41) is 0.291. The van der Waals surface area contributed by atoms with Crippen LogP contribution in [-0.2, 0) is 4.74 Å². The van der Waals surface area contributed by atoms with Crippen molar-refractivity contribution in [1.82, 2.24) is 4.98 Å². The zero-order valence-electron chi connectivity index (χ0n) is 11.6. The average Bonchev–Trinajstić information content (AvgIpc) is 2.48. The van der Waals surface area contributed by atoms with Crippen molar-refractivity contribution in [2.75, 3.05) is 7.11 Å². The quantitative estimate of drug-likeness (QED) is 0.775. The van der Waals surface area contributed by atoms with Crippen LogP contribution in [0.2, 0.25) is 5.02 Å². The van der Waals surface area contributed by atoms with Crippen LogP contribution >= 0.6 is 11.6 Å². The van der Waals surface area contributed by atoms with Gasteiger partial charge in [-0.05, 0) is 24.3 Å². The molecule has 0 aliphatic heterocycles. The lowest BCUT2D eigenvalue weighted by atomic mass is 10.2. The van der Waals surface area contributed by atoms with Crippen LogP contribution in [-0.4, -0.2) is 24.4 Å². The minimum Gasteiger partial charge on any atom is -0.465 e. The van der Waals surface area contributed by atoms with E-state index < -0.39 is 18.1 Å². The minimum atomic E-state index is -4.81. The molecule has 1 aromatic carbocycles. The molecule has 1 aromatic heterocycles. The molecule has 0 unspecified atom stereocenters. The van der Waals surface area contributed by atoms with Gasteiger partial charge in [-0.15, -0.1) is 13.2 Å². The number of methoxy groups -OCH3 is 1. The van der Waals surface area contributed by atoms with Gasteiger partial charge in [0.1, 0.15) is 17.1 Å². The van der Waals surface area contributed by atoms with E-state index in [4.69, 9.17) is 16.3 Å². The summed E-state index contributed by atoms with van der Waals surface area (Å²) >= 11 is 5.80. The van der Waals surface area contributed by atoms with E-state index in [1.54, 1.807) is 0 Å². The van der Waals surface area contributed by atoms with E-state index in [1.165, 1.54) is 25.3 Å². The second-order valence-electron chi connectivity index (χ2n) is 4.11. The Bertz CT molecular complexity index is 704. The summed E-state index contributed by atoms with van der Waals surface area (Å²) in [6.07, 6.45) is -3.96. The third-order valence-corrected chi connectivity index (χ3v) is 2.74. The first-order valence-electron chi connectivity index (χ1n) is 6.06. The van der Waals surface area contributed by atoms with Gasteiger partial charge in [-0.1, -0.05) is 11.6 Å². The SMILES string of the molecule is COC(=O)c1cc(Cl)ccc1Oc1ccc(OC(F)(F)F)cn1. The fraction of sp³-hybridized carbons (Fsp3) is 0.143. The fourth-order valence-electron chi connectivity index (χ4n) is 1.59. The number of halogens is 4. The van der Waals surface area contributed by atoms with E-state index in [1.807, 2.05) is 0 Å². The van der Waals surface area contributed by atoms with Gasteiger partial charge in [0.2, 0.25) is 5.88 Å². The Morgan fingerprint density at radius 1 is 1.22 bits per heavy atom. The number of benzene rings is 1. The standard InChI is InChI=1S/C14H9ClF3NO4/c1-21-13(20)10-6-8(15)2-4-11(10)22-12-5-3-9(7-19-12)23-14(16,17)18/h2-7H,1H3. The number of aromatic nitrogens is 1. The summed E-state index contributed by atoms with van der Waals surface area (Å²) < 4.78 is 49.8. The topological polar surface area (TPSA) is 57.7 Å². The van der Waals surface area contributed by atoms with Crippen LogP contribution < -0.4 is 9.47 Å². The van der Waals surface area contributed by atoms with Gasteiger partial charge in [0.05, 0.1) is 13.3 Å². The van der Waals surface area contributed by atoms with E-state index in [9.17, 15) is 18.0 Å². The Kier molecular flexibility index (Phi) is 4.95. The number of nitrogens with zero attached hydrogens (tertiary/aromatic N) is 1. The molecule has 0 aliphatic carbocycles. The first-order valence-corrected chi connectivity index (χ1v) is 6.44. The van der Waals surface area contributed by atoms with Gasteiger partial charge in [-0.3, -0.25) is 0 Å². The first kappa shape index (κ1) is 16.9. The van der Waals surface area contributed by atoms with Crippen LogP contribution in [0, 0.1) is 0 Å². The van der Waals surface area contributed by atoms with Crippen molar-refractivity contribution < 1.29 is 32.2 Å². The number of carbonyl (C=O) groups excluding carboxylic acids is 1. The normalized spacial score (nSPS) is 11.0. The summed E-state index contributed by atoms with van der Waals surface area (Å²) in [6, 6.07) is 6.42. The Balaban J connectivity index is 2.21. The predicted molar refractivity (Wildman–Crippen MR) is 73.8 cm³/mol. The Morgan fingerprint density at radius 3 is 2.52 bits per heavy atom. The highest BCUT2D eigenvalue weighted by Crippen LogP contribution is 2.29. The smallest absolute Gasteiger partial charge is 0.465 e. The number of pyridine rings is 1. The van der Waals surface area contributed by atoms with E-state index in [0.717, 1.165) is 18.3 Å². The molecular formula is C14H9ClF3NO4. The largest absolute Gasteiger partial charge is 0.573 e. The third-order valence-electron chi connectivity index (χ3n) is 2.50. The maximum atomic E-state index is 12.1. The van der Waals surface area contributed by atoms with Crippen molar-refractivity contribution in [3.8, 4) is 17.4 Å². The predicted octanol–water partition coefficient (Wildman–Crippen LogP) is 4.21. The lowest BCUT2D eigenvalue weighted by molar-refractivity contribution is -0.274. The lowest BCUT2D eigenvalue weighted by Gasteiger charge is -2.11. The number of rotatable bonds is 4. The van der Waals surface area contributed by atoms with Gasteiger partial charge in [-0.25, -0.2) is 9.78 Å². The summed E-state index contributed by atoms with van der Waals surface area (Å²) in [5.41, 5.74) is 0.0532. The Hall–Kier alpha value is -2.48. The Labute approximate surface area is 133 Å². The van der Waals surface area contributed by atoms with Crippen molar-refractivity contribution in [1.29, 1.82) is 0 Å². The highest BCUT2D eigenvalue weighted by atomic mass is 35.5. The lowest BCUT2D eigenvalue weighted by Crippen LogP contribution is -2.17. The van der Waals surface area contributed by atoms with Crippen molar-refractivity contribution in [2.45, 2.75) is 6.36 Å². The fourth-order valence-corrected chi connectivity index (χ4v) is 1.77. The maximum Gasteiger partial charge on any atom is 0.573 e. The van der Waals surface area contributed by atoms with Gasteiger partial charge >= 0.3 is 12.3 Å². The molecule has 2 aromatic rings. The van der Waals surface area contributed by atoms with Gasteiger partial charge < -0.3 is 14.2 Å². The number of hydrogen-bond acceptors (Lipinski definition) is 5. The molecule has 122 valence electrons. The maximum absolute atomic E-state index is 12.1. The van der Waals surface area contributed by atoms with Crippen LogP contribution in [0.3, 0.4) is 0 Å².